The molecule has 0 bridgehead atoms. The molecular weight excluding hydrogens is 388 g/mol. The average molecular weight is 421 g/mol. The first-order chi connectivity index (χ1) is 15.2. The highest BCUT2D eigenvalue weighted by Gasteiger charge is 2.48. The number of aromatic amines is 1. The standard InChI is InChI=1S/C25H32N4O2/c1-30-20-7-8-23-22(17-20)21-9-12-29(14-11-26)25(24(21)27-23)10-13-28(18-25)15-16-31-19-5-3-2-4-6-19/h2-8,17,27H,9-16,18,26H2,1H3. The maximum absolute atomic E-state index is 6.02. The third-order valence-corrected chi connectivity index (χ3v) is 6.96. The van der Waals surface area contributed by atoms with Gasteiger partial charge in [0.05, 0.1) is 12.6 Å². The Balaban J connectivity index is 1.40. The smallest absolute Gasteiger partial charge is 0.119 e. The Kier molecular flexibility index (Phi) is 5.61. The number of hydrogen-bond donors (Lipinski definition) is 2. The second-order valence-corrected chi connectivity index (χ2v) is 8.64. The lowest BCUT2D eigenvalue weighted by Gasteiger charge is -2.45. The van der Waals surface area contributed by atoms with E-state index in [4.69, 9.17) is 15.2 Å². The van der Waals surface area contributed by atoms with E-state index in [1.165, 1.54) is 22.2 Å². The first-order valence-electron chi connectivity index (χ1n) is 11.3. The molecule has 2 aliphatic heterocycles. The van der Waals surface area contributed by atoms with Crippen molar-refractivity contribution in [1.82, 2.24) is 14.8 Å². The van der Waals surface area contributed by atoms with Crippen LogP contribution < -0.4 is 15.2 Å². The van der Waals surface area contributed by atoms with E-state index in [1.54, 1.807) is 7.11 Å². The number of para-hydroxylation sites is 1. The zero-order valence-electron chi connectivity index (χ0n) is 18.3. The van der Waals surface area contributed by atoms with E-state index in [1.807, 2.05) is 36.4 Å². The molecule has 0 amide bonds. The van der Waals surface area contributed by atoms with Gasteiger partial charge in [-0.25, -0.2) is 0 Å². The number of benzene rings is 2. The highest BCUT2D eigenvalue weighted by Crippen LogP contribution is 2.44. The van der Waals surface area contributed by atoms with Crippen molar-refractivity contribution in [3.05, 3.63) is 59.8 Å². The second-order valence-electron chi connectivity index (χ2n) is 8.64. The average Bonchev–Trinajstić information content (AvgIpc) is 3.39. The Hall–Kier alpha value is -2.54. The molecule has 0 saturated carbocycles. The van der Waals surface area contributed by atoms with Gasteiger partial charge in [-0.05, 0) is 48.7 Å². The number of likely N-dealkylation sites (tertiary alicyclic amines) is 1. The van der Waals surface area contributed by atoms with E-state index in [0.717, 1.165) is 57.1 Å². The van der Waals surface area contributed by atoms with Crippen molar-refractivity contribution < 1.29 is 9.47 Å². The molecule has 3 N–H and O–H groups in total. The summed E-state index contributed by atoms with van der Waals surface area (Å²) < 4.78 is 11.5. The summed E-state index contributed by atoms with van der Waals surface area (Å²) in [6, 6.07) is 16.4. The lowest BCUT2D eigenvalue weighted by atomic mass is 9.84. The lowest BCUT2D eigenvalue weighted by molar-refractivity contribution is 0.0770. The molecule has 6 heteroatoms. The quantitative estimate of drug-likeness (QED) is 0.615. The van der Waals surface area contributed by atoms with Gasteiger partial charge in [0, 0.05) is 55.9 Å². The number of aromatic nitrogens is 1. The molecular formula is C25H32N4O2. The minimum atomic E-state index is -0.00798. The summed E-state index contributed by atoms with van der Waals surface area (Å²) in [5, 5.41) is 1.30. The van der Waals surface area contributed by atoms with Gasteiger partial charge in [0.25, 0.3) is 0 Å². The first kappa shape index (κ1) is 20.4. The Labute approximate surface area is 183 Å². The zero-order chi connectivity index (χ0) is 21.3. The van der Waals surface area contributed by atoms with Crippen LogP contribution in [0.4, 0.5) is 0 Å². The van der Waals surface area contributed by atoms with Gasteiger partial charge in [-0.2, -0.15) is 0 Å². The molecule has 6 nitrogen and oxygen atoms in total. The van der Waals surface area contributed by atoms with Crippen molar-refractivity contribution in [3.63, 3.8) is 0 Å². The number of methoxy groups -OCH3 is 1. The van der Waals surface area contributed by atoms with Crippen LogP contribution in [0, 0.1) is 0 Å². The van der Waals surface area contributed by atoms with Gasteiger partial charge in [-0.1, -0.05) is 18.2 Å². The molecule has 31 heavy (non-hydrogen) atoms. The van der Waals surface area contributed by atoms with Crippen LogP contribution in [0.15, 0.2) is 48.5 Å². The Bertz CT molecular complexity index is 1030. The monoisotopic (exact) mass is 420 g/mol. The van der Waals surface area contributed by atoms with E-state index < -0.39 is 0 Å². The highest BCUT2D eigenvalue weighted by atomic mass is 16.5. The van der Waals surface area contributed by atoms with Crippen molar-refractivity contribution in [1.29, 1.82) is 0 Å². The van der Waals surface area contributed by atoms with E-state index in [-0.39, 0.29) is 5.54 Å². The molecule has 0 aliphatic carbocycles. The molecule has 1 atom stereocenters. The first-order valence-corrected chi connectivity index (χ1v) is 11.3. The van der Waals surface area contributed by atoms with Crippen molar-refractivity contribution in [2.24, 2.45) is 5.73 Å². The minimum absolute atomic E-state index is 0.00798. The van der Waals surface area contributed by atoms with Crippen molar-refractivity contribution in [2.75, 3.05) is 53.0 Å². The maximum Gasteiger partial charge on any atom is 0.119 e. The fourth-order valence-electron chi connectivity index (χ4n) is 5.44. The molecule has 0 radical (unpaired) electrons. The minimum Gasteiger partial charge on any atom is -0.497 e. The van der Waals surface area contributed by atoms with Gasteiger partial charge >= 0.3 is 0 Å². The summed E-state index contributed by atoms with van der Waals surface area (Å²) in [5.41, 5.74) is 10.0. The molecule has 1 saturated heterocycles. The van der Waals surface area contributed by atoms with Gasteiger partial charge in [-0.15, -0.1) is 0 Å². The van der Waals surface area contributed by atoms with Crippen molar-refractivity contribution in [2.45, 2.75) is 18.4 Å². The molecule has 1 spiro atoms. The van der Waals surface area contributed by atoms with Crippen LogP contribution in [0.25, 0.3) is 10.9 Å². The third-order valence-electron chi connectivity index (χ3n) is 6.96. The summed E-state index contributed by atoms with van der Waals surface area (Å²) in [6.45, 7) is 6.35. The van der Waals surface area contributed by atoms with E-state index in [0.29, 0.717) is 13.2 Å². The third kappa shape index (κ3) is 3.69. The number of H-pyrrole nitrogens is 1. The maximum atomic E-state index is 6.02. The number of nitrogens with two attached hydrogens (primary N) is 1. The van der Waals surface area contributed by atoms with Crippen molar-refractivity contribution >= 4 is 10.9 Å². The van der Waals surface area contributed by atoms with Crippen LogP contribution >= 0.6 is 0 Å². The second kappa shape index (κ2) is 8.54. The van der Waals surface area contributed by atoms with E-state index in [9.17, 15) is 0 Å². The predicted molar refractivity (Wildman–Crippen MR) is 124 cm³/mol. The van der Waals surface area contributed by atoms with E-state index >= 15 is 0 Å². The summed E-state index contributed by atoms with van der Waals surface area (Å²) in [7, 11) is 1.73. The number of hydrogen-bond acceptors (Lipinski definition) is 5. The number of rotatable bonds is 7. The van der Waals surface area contributed by atoms with Gasteiger partial charge in [-0.3, -0.25) is 9.80 Å². The van der Waals surface area contributed by atoms with Gasteiger partial charge in [0.1, 0.15) is 18.1 Å². The van der Waals surface area contributed by atoms with Crippen LogP contribution in [-0.2, 0) is 12.0 Å². The number of nitrogens with one attached hydrogen (secondary N) is 1. The molecule has 2 aromatic carbocycles. The molecule has 164 valence electrons. The Morgan fingerprint density at radius 3 is 2.74 bits per heavy atom. The Morgan fingerprint density at radius 2 is 1.94 bits per heavy atom. The van der Waals surface area contributed by atoms with Crippen LogP contribution in [-0.4, -0.2) is 67.8 Å². The fraction of sp³-hybridized carbons (Fsp3) is 0.440. The van der Waals surface area contributed by atoms with Crippen LogP contribution in [0.5, 0.6) is 11.5 Å². The topological polar surface area (TPSA) is 66.8 Å². The molecule has 1 aromatic heterocycles. The predicted octanol–water partition coefficient (Wildman–Crippen LogP) is 2.97. The molecule has 1 unspecified atom stereocenters. The SMILES string of the molecule is COc1ccc2[nH]c3c(c2c1)CCN(CCN)C31CCN(CCOc2ccccc2)C1. The molecule has 5 rings (SSSR count). The summed E-state index contributed by atoms with van der Waals surface area (Å²) in [6.07, 6.45) is 2.15. The fourth-order valence-corrected chi connectivity index (χ4v) is 5.44. The summed E-state index contributed by atoms with van der Waals surface area (Å²) >= 11 is 0. The molecule has 3 aromatic rings. The van der Waals surface area contributed by atoms with Gasteiger partial charge in [0.15, 0.2) is 0 Å². The van der Waals surface area contributed by atoms with Crippen molar-refractivity contribution in [3.8, 4) is 11.5 Å². The Morgan fingerprint density at radius 1 is 1.06 bits per heavy atom. The van der Waals surface area contributed by atoms with Gasteiger partial charge < -0.3 is 20.2 Å². The number of nitrogens with zero attached hydrogens (tertiary/aromatic N) is 2. The number of fused-ring (bicyclic) bond motifs is 4. The van der Waals surface area contributed by atoms with Crippen LogP contribution in [0.1, 0.15) is 17.7 Å². The lowest BCUT2D eigenvalue weighted by Crippen LogP contribution is -2.54. The van der Waals surface area contributed by atoms with Crippen LogP contribution in [0.3, 0.4) is 0 Å². The zero-order valence-corrected chi connectivity index (χ0v) is 18.3. The molecule has 3 heterocycles. The highest BCUT2D eigenvalue weighted by molar-refractivity contribution is 5.87. The largest absolute Gasteiger partial charge is 0.497 e. The summed E-state index contributed by atoms with van der Waals surface area (Å²) in [5.74, 6) is 1.85. The van der Waals surface area contributed by atoms with E-state index in [2.05, 4.69) is 26.9 Å². The van der Waals surface area contributed by atoms with Crippen LogP contribution in [0.2, 0.25) is 0 Å². The molecule has 2 aliphatic rings. The number of ether oxygens (including phenoxy) is 2. The van der Waals surface area contributed by atoms with Gasteiger partial charge in [0.2, 0.25) is 0 Å². The summed E-state index contributed by atoms with van der Waals surface area (Å²) in [4.78, 5) is 8.94. The normalized spacial score (nSPS) is 21.6. The molecule has 1 fully saturated rings.